The molecule has 0 aliphatic carbocycles. The first-order valence-electron chi connectivity index (χ1n) is 5.34. The highest BCUT2D eigenvalue weighted by Gasteiger charge is 2.19. The molecule has 0 radical (unpaired) electrons. The lowest BCUT2D eigenvalue weighted by Gasteiger charge is -2.17. The minimum absolute atomic E-state index is 0.0252. The van der Waals surface area contributed by atoms with Crippen LogP contribution in [0.3, 0.4) is 0 Å². The highest BCUT2D eigenvalue weighted by atomic mass is 35.5. The zero-order valence-electron chi connectivity index (χ0n) is 9.90. The Hall–Kier alpha value is -2.01. The van der Waals surface area contributed by atoms with Crippen molar-refractivity contribution in [3.8, 4) is 0 Å². The summed E-state index contributed by atoms with van der Waals surface area (Å²) in [4.78, 5) is 16.9. The normalized spacial score (nSPS) is 10.3. The van der Waals surface area contributed by atoms with E-state index in [9.17, 15) is 13.6 Å². The topological polar surface area (TPSA) is 33.2 Å². The molecule has 1 heterocycles. The lowest BCUT2D eigenvalue weighted by Crippen LogP contribution is -2.28. The summed E-state index contributed by atoms with van der Waals surface area (Å²) in [6.07, 6.45) is 0. The molecule has 2 aromatic rings. The van der Waals surface area contributed by atoms with Crippen molar-refractivity contribution in [3.05, 3.63) is 58.9 Å². The summed E-state index contributed by atoms with van der Waals surface area (Å²) in [6, 6.07) is 7.57. The van der Waals surface area contributed by atoms with Gasteiger partial charge in [0.05, 0.1) is 0 Å². The molecule has 0 aliphatic heterocycles. The Morgan fingerprint density at radius 3 is 2.42 bits per heavy atom. The van der Waals surface area contributed by atoms with Gasteiger partial charge in [-0.15, -0.1) is 0 Å². The molecule has 0 aliphatic rings. The Labute approximate surface area is 113 Å². The first-order valence-corrected chi connectivity index (χ1v) is 5.72. The van der Waals surface area contributed by atoms with Crippen molar-refractivity contribution < 1.29 is 13.6 Å². The van der Waals surface area contributed by atoms with Gasteiger partial charge in [-0.25, -0.2) is 13.8 Å². The first kappa shape index (κ1) is 13.4. The maximum absolute atomic E-state index is 13.5. The Morgan fingerprint density at radius 2 is 1.79 bits per heavy atom. The van der Waals surface area contributed by atoms with Crippen LogP contribution in [-0.4, -0.2) is 17.9 Å². The third-order valence-corrected chi connectivity index (χ3v) is 2.74. The summed E-state index contributed by atoms with van der Waals surface area (Å²) in [7, 11) is 1.44. The number of hydrogen-bond donors (Lipinski definition) is 0. The molecule has 98 valence electrons. The van der Waals surface area contributed by atoms with Gasteiger partial charge in [0.1, 0.15) is 11.0 Å². The standard InChI is InChI=1S/C13H9ClF2N2O/c1-18(9-4-2-8(15)3-5-9)13(19)12-10(16)6-7-11(14)17-12/h2-7H,1H3. The van der Waals surface area contributed by atoms with Crippen molar-refractivity contribution in [2.75, 3.05) is 11.9 Å². The van der Waals surface area contributed by atoms with Gasteiger partial charge in [-0.1, -0.05) is 11.6 Å². The van der Waals surface area contributed by atoms with Gasteiger partial charge in [-0.3, -0.25) is 4.79 Å². The molecule has 1 amide bonds. The maximum atomic E-state index is 13.5. The number of benzene rings is 1. The van der Waals surface area contributed by atoms with Crippen LogP contribution in [0.25, 0.3) is 0 Å². The van der Waals surface area contributed by atoms with Crippen LogP contribution >= 0.6 is 11.6 Å². The van der Waals surface area contributed by atoms with Crippen LogP contribution in [0.4, 0.5) is 14.5 Å². The summed E-state index contributed by atoms with van der Waals surface area (Å²) in [5.74, 6) is -1.84. The molecule has 0 N–H and O–H groups in total. The van der Waals surface area contributed by atoms with E-state index in [0.29, 0.717) is 5.69 Å². The number of hydrogen-bond acceptors (Lipinski definition) is 2. The lowest BCUT2D eigenvalue weighted by atomic mass is 10.2. The van der Waals surface area contributed by atoms with E-state index in [4.69, 9.17) is 11.6 Å². The fourth-order valence-electron chi connectivity index (χ4n) is 1.51. The largest absolute Gasteiger partial charge is 0.310 e. The number of pyridine rings is 1. The molecule has 0 fully saturated rings. The average molecular weight is 283 g/mol. The van der Waals surface area contributed by atoms with Gasteiger partial charge in [0, 0.05) is 12.7 Å². The molecule has 0 unspecified atom stereocenters. The minimum Gasteiger partial charge on any atom is -0.310 e. The monoisotopic (exact) mass is 282 g/mol. The lowest BCUT2D eigenvalue weighted by molar-refractivity contribution is 0.0984. The summed E-state index contributed by atoms with van der Waals surface area (Å²) in [5.41, 5.74) is 0.0481. The van der Waals surface area contributed by atoms with Crippen molar-refractivity contribution in [1.82, 2.24) is 4.98 Å². The summed E-state index contributed by atoms with van der Waals surface area (Å²) in [6.45, 7) is 0. The van der Waals surface area contributed by atoms with Gasteiger partial charge in [0.25, 0.3) is 5.91 Å². The van der Waals surface area contributed by atoms with E-state index < -0.39 is 17.5 Å². The quantitative estimate of drug-likeness (QED) is 0.792. The van der Waals surface area contributed by atoms with Crippen LogP contribution in [-0.2, 0) is 0 Å². The SMILES string of the molecule is CN(C(=O)c1nc(Cl)ccc1F)c1ccc(F)cc1. The van der Waals surface area contributed by atoms with Crippen molar-refractivity contribution in [1.29, 1.82) is 0 Å². The van der Waals surface area contributed by atoms with E-state index in [-0.39, 0.29) is 10.8 Å². The van der Waals surface area contributed by atoms with Crippen molar-refractivity contribution >= 4 is 23.2 Å². The average Bonchev–Trinajstić information content (AvgIpc) is 2.41. The van der Waals surface area contributed by atoms with E-state index in [1.54, 1.807) is 0 Å². The molecular weight excluding hydrogens is 274 g/mol. The second-order valence-electron chi connectivity index (χ2n) is 3.80. The van der Waals surface area contributed by atoms with Gasteiger partial charge in [0.2, 0.25) is 0 Å². The predicted octanol–water partition coefficient (Wildman–Crippen LogP) is 3.29. The second kappa shape index (κ2) is 5.32. The number of nitrogens with zero attached hydrogens (tertiary/aromatic N) is 2. The molecule has 1 aromatic carbocycles. The van der Waals surface area contributed by atoms with E-state index in [1.165, 1.54) is 42.3 Å². The van der Waals surface area contributed by atoms with E-state index in [2.05, 4.69) is 4.98 Å². The number of amides is 1. The molecule has 0 saturated carbocycles. The minimum atomic E-state index is -0.761. The van der Waals surface area contributed by atoms with Gasteiger partial charge >= 0.3 is 0 Å². The summed E-state index contributed by atoms with van der Waals surface area (Å²) in [5, 5.41) is 0.0252. The predicted molar refractivity (Wildman–Crippen MR) is 68.3 cm³/mol. The Kier molecular flexibility index (Phi) is 3.76. The smallest absolute Gasteiger partial charge is 0.279 e. The molecule has 0 saturated heterocycles. The third-order valence-electron chi connectivity index (χ3n) is 2.53. The van der Waals surface area contributed by atoms with Crippen LogP contribution in [0, 0.1) is 11.6 Å². The number of halogens is 3. The second-order valence-corrected chi connectivity index (χ2v) is 4.19. The highest BCUT2D eigenvalue weighted by molar-refractivity contribution is 6.29. The molecule has 6 heteroatoms. The zero-order valence-corrected chi connectivity index (χ0v) is 10.7. The van der Waals surface area contributed by atoms with Crippen LogP contribution in [0.5, 0.6) is 0 Å². The van der Waals surface area contributed by atoms with E-state index >= 15 is 0 Å². The fourth-order valence-corrected chi connectivity index (χ4v) is 1.66. The number of anilines is 1. The Balaban J connectivity index is 2.33. The van der Waals surface area contributed by atoms with Crippen LogP contribution in [0.1, 0.15) is 10.5 Å². The van der Waals surface area contributed by atoms with Gasteiger partial charge in [-0.05, 0) is 36.4 Å². The fraction of sp³-hybridized carbons (Fsp3) is 0.0769. The molecule has 0 bridgehead atoms. The molecule has 0 atom stereocenters. The Morgan fingerprint density at radius 1 is 1.16 bits per heavy atom. The number of aromatic nitrogens is 1. The van der Waals surface area contributed by atoms with Gasteiger partial charge in [0.15, 0.2) is 11.5 Å². The van der Waals surface area contributed by atoms with E-state index in [1.807, 2.05) is 0 Å². The van der Waals surface area contributed by atoms with Crippen LogP contribution in [0.2, 0.25) is 5.15 Å². The van der Waals surface area contributed by atoms with Crippen molar-refractivity contribution in [3.63, 3.8) is 0 Å². The molecule has 3 nitrogen and oxygen atoms in total. The molecule has 1 aromatic heterocycles. The van der Waals surface area contributed by atoms with Crippen molar-refractivity contribution in [2.24, 2.45) is 0 Å². The number of rotatable bonds is 2. The zero-order chi connectivity index (χ0) is 14.0. The Bertz CT molecular complexity index is 617. The summed E-state index contributed by atoms with van der Waals surface area (Å²) >= 11 is 5.63. The van der Waals surface area contributed by atoms with Gasteiger partial charge < -0.3 is 4.90 Å². The highest BCUT2D eigenvalue weighted by Crippen LogP contribution is 2.18. The number of carbonyl (C=O) groups excluding carboxylic acids is 1. The molecule has 0 spiro atoms. The van der Waals surface area contributed by atoms with Crippen LogP contribution < -0.4 is 4.90 Å². The first-order chi connectivity index (χ1) is 8.99. The maximum Gasteiger partial charge on any atom is 0.279 e. The summed E-state index contributed by atoms with van der Waals surface area (Å²) < 4.78 is 26.3. The van der Waals surface area contributed by atoms with Crippen LogP contribution in [0.15, 0.2) is 36.4 Å². The molecule has 2 rings (SSSR count). The van der Waals surface area contributed by atoms with Crippen molar-refractivity contribution in [2.45, 2.75) is 0 Å². The van der Waals surface area contributed by atoms with E-state index in [0.717, 1.165) is 6.07 Å². The molecular formula is C13H9ClF2N2O. The third kappa shape index (κ3) is 2.88. The molecule has 19 heavy (non-hydrogen) atoms. The number of carbonyl (C=O) groups is 1. The van der Waals surface area contributed by atoms with Gasteiger partial charge in [-0.2, -0.15) is 0 Å².